The van der Waals surface area contributed by atoms with Crippen LogP contribution in [0.3, 0.4) is 0 Å². The number of rotatable bonds is 8. The molecule has 160 valence electrons. The summed E-state index contributed by atoms with van der Waals surface area (Å²) in [6.07, 6.45) is 3.08. The van der Waals surface area contributed by atoms with E-state index in [2.05, 4.69) is 0 Å². The van der Waals surface area contributed by atoms with Crippen molar-refractivity contribution in [3.63, 3.8) is 0 Å². The second-order valence-electron chi connectivity index (χ2n) is 7.51. The Hall–Kier alpha value is -1.29. The summed E-state index contributed by atoms with van der Waals surface area (Å²) < 4.78 is 24.5. The average Bonchev–Trinajstić information content (AvgIpc) is 2.73. The first-order chi connectivity index (χ1) is 14.5. The van der Waals surface area contributed by atoms with E-state index in [-0.39, 0.29) is 69.8 Å². The van der Waals surface area contributed by atoms with E-state index in [1.807, 2.05) is 6.07 Å². The number of ether oxygens (including phenoxy) is 2. The molecule has 0 aromatic heterocycles. The van der Waals surface area contributed by atoms with Crippen LogP contribution in [0.2, 0.25) is 0 Å². The van der Waals surface area contributed by atoms with Gasteiger partial charge in [0, 0.05) is 6.61 Å². The predicted octanol–water partition coefficient (Wildman–Crippen LogP) is 0.677. The molecule has 0 saturated heterocycles. The summed E-state index contributed by atoms with van der Waals surface area (Å²) in [7, 11) is 0. The number of anilines is 2. The molecule has 0 aliphatic heterocycles. The molecule has 0 heterocycles. The van der Waals surface area contributed by atoms with E-state index in [1.165, 1.54) is 17.0 Å². The van der Waals surface area contributed by atoms with E-state index in [0.29, 0.717) is 18.0 Å². The number of carboxylic acid groups (broad SMARTS) is 1. The minimum Gasteiger partial charge on any atom is -0.548 e. The van der Waals surface area contributed by atoms with E-state index in [1.54, 1.807) is 36.4 Å². The summed E-state index contributed by atoms with van der Waals surface area (Å²) in [5.74, 6) is -1.26. The Kier molecular flexibility index (Phi) is 11.1. The van der Waals surface area contributed by atoms with Crippen LogP contribution in [0.4, 0.5) is 20.6 Å². The van der Waals surface area contributed by atoms with Crippen molar-refractivity contribution in [1.82, 2.24) is 0 Å². The van der Waals surface area contributed by atoms with Gasteiger partial charge in [0.2, 0.25) is 0 Å². The van der Waals surface area contributed by atoms with Gasteiger partial charge in [-0.05, 0) is 61.4 Å². The molecule has 2 atom stereocenters. The summed E-state index contributed by atoms with van der Waals surface area (Å²) in [6, 6.07) is 14.8. The van der Waals surface area contributed by atoms with Crippen molar-refractivity contribution in [2.24, 2.45) is 11.8 Å². The first-order valence-corrected chi connectivity index (χ1v) is 10.1. The van der Waals surface area contributed by atoms with Gasteiger partial charge in [0.25, 0.3) is 0 Å². The molecule has 1 amide bonds. The minimum atomic E-state index is -1.23. The number of carbonyl (C=O) groups excluding carboxylic acids is 2. The van der Waals surface area contributed by atoms with Gasteiger partial charge >= 0.3 is 57.5 Å². The Morgan fingerprint density at radius 2 is 1.68 bits per heavy atom. The van der Waals surface area contributed by atoms with E-state index >= 15 is 0 Å². The zero-order chi connectivity index (χ0) is 21.3. The molecular formula is C23H25FKNO5. The van der Waals surface area contributed by atoms with Crippen molar-refractivity contribution in [1.29, 1.82) is 0 Å². The molecule has 6 nitrogen and oxygen atoms in total. The van der Waals surface area contributed by atoms with Gasteiger partial charge in [0.15, 0.2) is 0 Å². The maximum atomic E-state index is 13.7. The normalized spacial score (nSPS) is 18.0. The van der Waals surface area contributed by atoms with E-state index < -0.39 is 24.5 Å². The number of amides is 1. The molecule has 1 aliphatic carbocycles. The number of carbonyl (C=O) groups is 2. The molecule has 31 heavy (non-hydrogen) atoms. The van der Waals surface area contributed by atoms with Gasteiger partial charge in [0.05, 0.1) is 30.6 Å². The number of nitrogens with zero attached hydrogens (tertiary/aromatic N) is 1. The van der Waals surface area contributed by atoms with Gasteiger partial charge in [-0.25, -0.2) is 14.1 Å². The number of halogens is 1. The Bertz CT molecular complexity index is 851. The molecule has 0 radical (unpaired) electrons. The molecule has 0 bridgehead atoms. The molecule has 2 unspecified atom stereocenters. The van der Waals surface area contributed by atoms with Crippen LogP contribution in [0.15, 0.2) is 54.6 Å². The quantitative estimate of drug-likeness (QED) is 0.550. The molecule has 1 saturated carbocycles. The largest absolute Gasteiger partial charge is 1.00 e. The van der Waals surface area contributed by atoms with Gasteiger partial charge in [-0.2, -0.15) is 0 Å². The standard InChI is InChI=1S/C23H26FNO5.K/c24-19-8-5-11-21(13-19)25(20-9-2-1-3-10-20)23(28)30-15-18-7-4-6-17(12-18)14-29-16-22(26)27;/h1-3,5,8-11,13,17-18H,4,6-7,12,14-16H2,(H,26,27);/q;+1/p-1. The minimum absolute atomic E-state index is 0. The van der Waals surface area contributed by atoms with Crippen molar-refractivity contribution in [3.05, 3.63) is 60.4 Å². The van der Waals surface area contributed by atoms with Crippen molar-refractivity contribution in [2.45, 2.75) is 25.7 Å². The van der Waals surface area contributed by atoms with Crippen molar-refractivity contribution < 1.29 is 79.9 Å². The zero-order valence-corrected chi connectivity index (χ0v) is 20.8. The molecule has 1 aliphatic rings. The predicted molar refractivity (Wildman–Crippen MR) is 108 cm³/mol. The number of carboxylic acids is 1. The summed E-state index contributed by atoms with van der Waals surface area (Å²) >= 11 is 0. The van der Waals surface area contributed by atoms with Gasteiger partial charge in [-0.15, -0.1) is 0 Å². The smallest absolute Gasteiger partial charge is 0.548 e. The number of para-hydroxylation sites is 1. The van der Waals surface area contributed by atoms with Gasteiger partial charge in [-0.1, -0.05) is 30.7 Å². The molecule has 3 rings (SSSR count). The van der Waals surface area contributed by atoms with Gasteiger partial charge in [0.1, 0.15) is 5.82 Å². The van der Waals surface area contributed by atoms with Crippen molar-refractivity contribution >= 4 is 23.4 Å². The second-order valence-corrected chi connectivity index (χ2v) is 7.51. The maximum absolute atomic E-state index is 13.7. The van der Waals surface area contributed by atoms with Gasteiger partial charge in [-0.3, -0.25) is 0 Å². The van der Waals surface area contributed by atoms with Gasteiger partial charge < -0.3 is 19.4 Å². The van der Waals surface area contributed by atoms with E-state index in [4.69, 9.17) is 9.47 Å². The monoisotopic (exact) mass is 453 g/mol. The molecule has 8 heteroatoms. The number of aliphatic carboxylic acids is 1. The third-order valence-corrected chi connectivity index (χ3v) is 5.17. The van der Waals surface area contributed by atoms with Crippen LogP contribution >= 0.6 is 0 Å². The zero-order valence-electron chi connectivity index (χ0n) is 17.7. The molecular weight excluding hydrogens is 428 g/mol. The SMILES string of the molecule is O=C([O-])COCC1CCCC(COC(=O)N(c2ccccc2)c2cccc(F)c2)C1.[K+]. The summed E-state index contributed by atoms with van der Waals surface area (Å²) in [5, 5.41) is 10.5. The Morgan fingerprint density at radius 1 is 1.00 bits per heavy atom. The molecule has 2 aromatic carbocycles. The van der Waals surface area contributed by atoms with E-state index in [9.17, 15) is 19.1 Å². The number of benzene rings is 2. The first-order valence-electron chi connectivity index (χ1n) is 10.1. The molecule has 1 fully saturated rings. The van der Waals surface area contributed by atoms with Crippen LogP contribution in [0, 0.1) is 17.7 Å². The average molecular weight is 454 g/mol. The van der Waals surface area contributed by atoms with Crippen LogP contribution in [0.1, 0.15) is 25.7 Å². The fourth-order valence-electron chi connectivity index (χ4n) is 3.82. The Balaban J connectivity index is 0.00000341. The van der Waals surface area contributed by atoms with Crippen LogP contribution < -0.4 is 61.4 Å². The molecule has 0 N–H and O–H groups in total. The fraction of sp³-hybridized carbons (Fsp3) is 0.391. The summed E-state index contributed by atoms with van der Waals surface area (Å²) in [4.78, 5) is 24.7. The third kappa shape index (κ3) is 8.29. The molecule has 2 aromatic rings. The number of hydrogen-bond acceptors (Lipinski definition) is 5. The Morgan fingerprint density at radius 3 is 2.35 bits per heavy atom. The van der Waals surface area contributed by atoms with Crippen molar-refractivity contribution in [2.75, 3.05) is 24.7 Å². The molecule has 0 spiro atoms. The van der Waals surface area contributed by atoms with E-state index in [0.717, 1.165) is 25.7 Å². The second kappa shape index (κ2) is 13.3. The van der Waals surface area contributed by atoms with Crippen molar-refractivity contribution in [3.8, 4) is 0 Å². The van der Waals surface area contributed by atoms with Crippen LogP contribution in [-0.2, 0) is 14.3 Å². The topological polar surface area (TPSA) is 78.9 Å². The van der Waals surface area contributed by atoms with Crippen LogP contribution in [0.25, 0.3) is 0 Å². The first kappa shape index (κ1) is 26.0. The van der Waals surface area contributed by atoms with Crippen LogP contribution in [-0.4, -0.2) is 31.9 Å². The fourth-order valence-corrected chi connectivity index (χ4v) is 3.82. The summed E-state index contributed by atoms with van der Waals surface area (Å²) in [5.41, 5.74) is 0.980. The maximum Gasteiger partial charge on any atom is 1.00 e. The Labute approximate surface area is 224 Å². The third-order valence-electron chi connectivity index (χ3n) is 5.17. The summed E-state index contributed by atoms with van der Waals surface area (Å²) in [6.45, 7) is 0.197. The van der Waals surface area contributed by atoms with Crippen LogP contribution in [0.5, 0.6) is 0 Å². The number of hydrogen-bond donors (Lipinski definition) is 0.